The molecule has 0 aromatic carbocycles. The molecule has 1 aliphatic rings. The van der Waals surface area contributed by atoms with Crippen molar-refractivity contribution in [1.29, 1.82) is 0 Å². The monoisotopic (exact) mass is 285 g/mol. The van der Waals surface area contributed by atoms with Crippen molar-refractivity contribution < 1.29 is 14.7 Å². The van der Waals surface area contributed by atoms with Gasteiger partial charge in [-0.25, -0.2) is 4.79 Å². The highest BCUT2D eigenvalue weighted by atomic mass is 16.4. The maximum Gasteiger partial charge on any atom is 0.323 e. The SMILES string of the molecule is CCC(C)N(CC(=O)O)C(=O)NCC1CCN(CC)C1. The first-order valence-corrected chi connectivity index (χ1v) is 7.46. The van der Waals surface area contributed by atoms with E-state index in [0.717, 1.165) is 32.5 Å². The summed E-state index contributed by atoms with van der Waals surface area (Å²) < 4.78 is 0. The van der Waals surface area contributed by atoms with Crippen LogP contribution in [0.3, 0.4) is 0 Å². The first-order chi connectivity index (χ1) is 9.47. The standard InChI is InChI=1S/C14H27N3O3/c1-4-11(3)17(10-13(18)19)14(20)15-8-12-6-7-16(5-2)9-12/h11-12H,4-10H2,1-3H3,(H,15,20)(H,18,19). The summed E-state index contributed by atoms with van der Waals surface area (Å²) in [7, 11) is 0. The Kier molecular flexibility index (Phi) is 6.78. The molecular formula is C14H27N3O3. The van der Waals surface area contributed by atoms with Gasteiger partial charge in [-0.2, -0.15) is 0 Å². The number of hydrogen-bond donors (Lipinski definition) is 2. The average molecular weight is 285 g/mol. The van der Waals surface area contributed by atoms with Crippen LogP contribution in [-0.2, 0) is 4.79 Å². The van der Waals surface area contributed by atoms with Gasteiger partial charge >= 0.3 is 12.0 Å². The number of carbonyl (C=O) groups excluding carboxylic acids is 1. The van der Waals surface area contributed by atoms with Crippen LogP contribution in [0.4, 0.5) is 4.79 Å². The summed E-state index contributed by atoms with van der Waals surface area (Å²) in [5.41, 5.74) is 0. The van der Waals surface area contributed by atoms with Gasteiger partial charge in [-0.05, 0) is 38.8 Å². The largest absolute Gasteiger partial charge is 0.480 e. The second-order valence-electron chi connectivity index (χ2n) is 5.51. The number of nitrogens with one attached hydrogen (secondary N) is 1. The van der Waals surface area contributed by atoms with Crippen molar-refractivity contribution in [3.63, 3.8) is 0 Å². The molecule has 1 saturated heterocycles. The first-order valence-electron chi connectivity index (χ1n) is 7.46. The molecule has 0 aromatic rings. The maximum atomic E-state index is 12.1. The lowest BCUT2D eigenvalue weighted by Gasteiger charge is -2.27. The fourth-order valence-electron chi connectivity index (χ4n) is 2.49. The normalized spacial score (nSPS) is 20.6. The van der Waals surface area contributed by atoms with Crippen LogP contribution in [0, 0.1) is 5.92 Å². The van der Waals surface area contributed by atoms with Crippen molar-refractivity contribution in [2.45, 2.75) is 39.7 Å². The van der Waals surface area contributed by atoms with E-state index in [1.54, 1.807) is 0 Å². The van der Waals surface area contributed by atoms with Crippen LogP contribution in [0.5, 0.6) is 0 Å². The highest BCUT2D eigenvalue weighted by Crippen LogP contribution is 2.14. The predicted molar refractivity (Wildman–Crippen MR) is 77.7 cm³/mol. The van der Waals surface area contributed by atoms with Crippen LogP contribution in [0.25, 0.3) is 0 Å². The molecular weight excluding hydrogens is 258 g/mol. The van der Waals surface area contributed by atoms with Crippen LogP contribution in [0.15, 0.2) is 0 Å². The molecule has 2 atom stereocenters. The number of likely N-dealkylation sites (tertiary alicyclic amines) is 1. The van der Waals surface area contributed by atoms with Gasteiger partial charge in [-0.3, -0.25) is 4.79 Å². The zero-order chi connectivity index (χ0) is 15.1. The van der Waals surface area contributed by atoms with Gasteiger partial charge in [0.15, 0.2) is 0 Å². The zero-order valence-corrected chi connectivity index (χ0v) is 12.8. The van der Waals surface area contributed by atoms with Crippen LogP contribution < -0.4 is 5.32 Å². The van der Waals surface area contributed by atoms with Crippen molar-refractivity contribution in [2.75, 3.05) is 32.7 Å². The molecule has 1 rings (SSSR count). The molecule has 2 amide bonds. The minimum Gasteiger partial charge on any atom is -0.480 e. The van der Waals surface area contributed by atoms with Gasteiger partial charge in [-0.15, -0.1) is 0 Å². The topological polar surface area (TPSA) is 72.9 Å². The Morgan fingerprint density at radius 1 is 1.45 bits per heavy atom. The number of urea groups is 1. The minimum atomic E-state index is -0.974. The lowest BCUT2D eigenvalue weighted by atomic mass is 10.1. The van der Waals surface area contributed by atoms with Gasteiger partial charge in [0.05, 0.1) is 0 Å². The molecule has 0 saturated carbocycles. The third-order valence-electron chi connectivity index (χ3n) is 4.05. The van der Waals surface area contributed by atoms with Crippen molar-refractivity contribution in [3.05, 3.63) is 0 Å². The Morgan fingerprint density at radius 3 is 2.65 bits per heavy atom. The Bertz CT molecular complexity index is 336. The molecule has 2 unspecified atom stereocenters. The fourth-order valence-corrected chi connectivity index (χ4v) is 2.49. The Balaban J connectivity index is 2.43. The number of rotatable bonds is 7. The third kappa shape index (κ3) is 5.00. The fraction of sp³-hybridized carbons (Fsp3) is 0.857. The molecule has 6 heteroatoms. The molecule has 1 fully saturated rings. The smallest absolute Gasteiger partial charge is 0.323 e. The molecule has 1 aliphatic heterocycles. The number of hydrogen-bond acceptors (Lipinski definition) is 3. The van der Waals surface area contributed by atoms with Gasteiger partial charge in [0.2, 0.25) is 0 Å². The number of carboxylic acids is 1. The van der Waals surface area contributed by atoms with Crippen molar-refractivity contribution >= 4 is 12.0 Å². The lowest BCUT2D eigenvalue weighted by Crippen LogP contribution is -2.48. The highest BCUT2D eigenvalue weighted by Gasteiger charge is 2.25. The molecule has 0 aromatic heterocycles. The third-order valence-corrected chi connectivity index (χ3v) is 4.05. The van der Waals surface area contributed by atoms with E-state index in [2.05, 4.69) is 17.1 Å². The summed E-state index contributed by atoms with van der Waals surface area (Å²) in [6.45, 7) is 9.48. The average Bonchev–Trinajstić information content (AvgIpc) is 2.89. The highest BCUT2D eigenvalue weighted by molar-refractivity contribution is 5.80. The second-order valence-corrected chi connectivity index (χ2v) is 5.51. The minimum absolute atomic E-state index is 0.0678. The van der Waals surface area contributed by atoms with Crippen LogP contribution >= 0.6 is 0 Å². The van der Waals surface area contributed by atoms with Crippen LogP contribution in [-0.4, -0.2) is 65.7 Å². The molecule has 6 nitrogen and oxygen atoms in total. The molecule has 0 radical (unpaired) electrons. The summed E-state index contributed by atoms with van der Waals surface area (Å²) >= 11 is 0. The van der Waals surface area contributed by atoms with Gasteiger partial charge in [0, 0.05) is 19.1 Å². The molecule has 1 heterocycles. The summed E-state index contributed by atoms with van der Waals surface area (Å²) in [5, 5.41) is 11.8. The predicted octanol–water partition coefficient (Wildman–Crippen LogP) is 1.22. The van der Waals surface area contributed by atoms with E-state index < -0.39 is 5.97 Å². The number of nitrogens with zero attached hydrogens (tertiary/aromatic N) is 2. The van der Waals surface area contributed by atoms with Crippen molar-refractivity contribution in [3.8, 4) is 0 Å². The number of amides is 2. The van der Waals surface area contributed by atoms with E-state index in [0.29, 0.717) is 12.5 Å². The molecule has 0 aliphatic carbocycles. The van der Waals surface area contributed by atoms with Crippen LogP contribution in [0.2, 0.25) is 0 Å². The second kappa shape index (κ2) is 8.09. The van der Waals surface area contributed by atoms with E-state index in [1.807, 2.05) is 13.8 Å². The Morgan fingerprint density at radius 2 is 2.15 bits per heavy atom. The molecule has 0 spiro atoms. The number of carboxylic acid groups (broad SMARTS) is 1. The van der Waals surface area contributed by atoms with E-state index in [1.165, 1.54) is 4.90 Å². The number of aliphatic carboxylic acids is 1. The summed E-state index contributed by atoms with van der Waals surface area (Å²) in [6, 6.07) is -0.335. The molecule has 20 heavy (non-hydrogen) atoms. The first kappa shape index (κ1) is 16.8. The lowest BCUT2D eigenvalue weighted by molar-refractivity contribution is -0.138. The summed E-state index contributed by atoms with van der Waals surface area (Å²) in [5.74, 6) is -0.499. The Labute approximate surface area is 121 Å². The van der Waals surface area contributed by atoms with E-state index in [4.69, 9.17) is 5.11 Å². The van der Waals surface area contributed by atoms with Crippen LogP contribution in [0.1, 0.15) is 33.6 Å². The van der Waals surface area contributed by atoms with Crippen molar-refractivity contribution in [1.82, 2.24) is 15.1 Å². The van der Waals surface area contributed by atoms with E-state index in [9.17, 15) is 9.59 Å². The number of carbonyl (C=O) groups is 2. The Hall–Kier alpha value is -1.30. The van der Waals surface area contributed by atoms with Crippen molar-refractivity contribution in [2.24, 2.45) is 5.92 Å². The van der Waals surface area contributed by atoms with Gasteiger partial charge < -0.3 is 20.2 Å². The molecule has 0 bridgehead atoms. The van der Waals surface area contributed by atoms with E-state index in [-0.39, 0.29) is 18.6 Å². The van der Waals surface area contributed by atoms with E-state index >= 15 is 0 Å². The quantitative estimate of drug-likeness (QED) is 0.738. The zero-order valence-electron chi connectivity index (χ0n) is 12.8. The van der Waals surface area contributed by atoms with Gasteiger partial charge in [-0.1, -0.05) is 13.8 Å². The van der Waals surface area contributed by atoms with Gasteiger partial charge in [0.1, 0.15) is 6.54 Å². The molecule has 2 N–H and O–H groups in total. The summed E-state index contributed by atoms with van der Waals surface area (Å²) in [4.78, 5) is 26.7. The summed E-state index contributed by atoms with van der Waals surface area (Å²) in [6.07, 6.45) is 1.84. The van der Waals surface area contributed by atoms with Gasteiger partial charge in [0.25, 0.3) is 0 Å². The molecule has 116 valence electrons. The maximum absolute atomic E-state index is 12.1.